The maximum Gasteiger partial charge on any atom is 0.253 e. The summed E-state index contributed by atoms with van der Waals surface area (Å²) in [5, 5.41) is 0.963. The minimum atomic E-state index is -0.136. The summed E-state index contributed by atoms with van der Waals surface area (Å²) in [6.07, 6.45) is 4.13. The Kier molecular flexibility index (Phi) is 5.44. The van der Waals surface area contributed by atoms with Crippen LogP contribution in [0.15, 0.2) is 42.4 Å². The van der Waals surface area contributed by atoms with E-state index < -0.39 is 0 Å². The third-order valence-electron chi connectivity index (χ3n) is 5.41. The number of fused-ring (bicyclic) bond motifs is 1. The second kappa shape index (κ2) is 7.60. The van der Waals surface area contributed by atoms with Crippen molar-refractivity contribution in [3.63, 3.8) is 0 Å². The largest absolute Gasteiger partial charge is 0.378 e. The Balaban J connectivity index is 1.76. The van der Waals surface area contributed by atoms with Gasteiger partial charge < -0.3 is 19.9 Å². The van der Waals surface area contributed by atoms with Crippen LogP contribution in [0.5, 0.6) is 0 Å². The summed E-state index contributed by atoms with van der Waals surface area (Å²) in [5.41, 5.74) is 7.56. The van der Waals surface area contributed by atoms with Gasteiger partial charge in [0.15, 0.2) is 0 Å². The van der Waals surface area contributed by atoms with E-state index in [4.69, 9.17) is 10.5 Å². The number of aromatic nitrogens is 1. The molecule has 140 valence electrons. The maximum absolute atomic E-state index is 12.8. The number of ether oxygens (including phenoxy) is 1. The van der Waals surface area contributed by atoms with Gasteiger partial charge in [0.05, 0.1) is 11.9 Å². The number of carbonyl (C=O) groups is 1. The molecule has 1 saturated heterocycles. The van der Waals surface area contributed by atoms with Crippen molar-refractivity contribution in [1.29, 1.82) is 0 Å². The lowest BCUT2D eigenvalue weighted by Crippen LogP contribution is -2.46. The van der Waals surface area contributed by atoms with Crippen LogP contribution in [-0.2, 0) is 11.3 Å². The van der Waals surface area contributed by atoms with E-state index >= 15 is 0 Å². The minimum Gasteiger partial charge on any atom is -0.378 e. The highest BCUT2D eigenvalue weighted by atomic mass is 19.1. The lowest BCUT2D eigenvalue weighted by Gasteiger charge is -2.38. The molecular weight excluding hydrogens is 333 g/mol. The number of hydrogen-bond donors (Lipinski definition) is 1. The third kappa shape index (κ3) is 3.66. The van der Waals surface area contributed by atoms with Crippen LogP contribution >= 0.6 is 0 Å². The van der Waals surface area contributed by atoms with Crippen LogP contribution in [0, 0.1) is 0 Å². The molecule has 6 heteroatoms. The Bertz CT molecular complexity index is 820. The highest BCUT2D eigenvalue weighted by molar-refractivity contribution is 5.98. The van der Waals surface area contributed by atoms with E-state index in [2.05, 4.69) is 6.92 Å². The van der Waals surface area contributed by atoms with E-state index in [9.17, 15) is 9.18 Å². The molecule has 2 heterocycles. The predicted octanol–water partition coefficient (Wildman–Crippen LogP) is 3.09. The number of rotatable bonds is 5. The maximum atomic E-state index is 12.8. The smallest absolute Gasteiger partial charge is 0.253 e. The van der Waals surface area contributed by atoms with Crippen molar-refractivity contribution in [2.45, 2.75) is 31.9 Å². The molecule has 0 unspecified atom stereocenters. The van der Waals surface area contributed by atoms with Crippen molar-refractivity contribution in [3.05, 3.63) is 47.9 Å². The first-order valence-corrected chi connectivity index (χ1v) is 8.91. The fourth-order valence-electron chi connectivity index (χ4n) is 3.40. The third-order valence-corrected chi connectivity index (χ3v) is 5.41. The Morgan fingerprint density at radius 1 is 1.35 bits per heavy atom. The summed E-state index contributed by atoms with van der Waals surface area (Å²) in [6.45, 7) is 4.07. The molecule has 0 saturated carbocycles. The van der Waals surface area contributed by atoms with Gasteiger partial charge in [-0.2, -0.15) is 0 Å². The molecule has 26 heavy (non-hydrogen) atoms. The van der Waals surface area contributed by atoms with E-state index in [0.29, 0.717) is 37.1 Å². The molecule has 1 amide bonds. The highest BCUT2D eigenvalue weighted by Crippen LogP contribution is 2.26. The molecule has 0 spiro atoms. The van der Waals surface area contributed by atoms with Crippen molar-refractivity contribution in [2.75, 3.05) is 26.7 Å². The Morgan fingerprint density at radius 2 is 2.08 bits per heavy atom. The Hall–Kier alpha value is -2.18. The number of piperidine rings is 1. The van der Waals surface area contributed by atoms with Crippen molar-refractivity contribution in [1.82, 2.24) is 9.47 Å². The van der Waals surface area contributed by atoms with E-state index in [1.54, 1.807) is 7.11 Å². The monoisotopic (exact) mass is 359 g/mol. The van der Waals surface area contributed by atoms with Crippen molar-refractivity contribution in [2.24, 2.45) is 5.73 Å². The van der Waals surface area contributed by atoms with Crippen LogP contribution in [0.1, 0.15) is 30.1 Å². The number of benzene rings is 1. The standard InChI is InChI=1S/C20H26FN3O2/c1-20(26-2)6-9-23(10-7-20)19(25)17-3-4-18-16(11-17)5-8-24(18)14-15(12-21)13-22/h3-5,8,11-12H,6-7,9-10,13-14,22H2,1-2H3/b15-12+. The average molecular weight is 359 g/mol. The zero-order chi connectivity index (χ0) is 18.7. The molecular formula is C20H26FN3O2. The molecule has 1 fully saturated rings. The van der Waals surface area contributed by atoms with E-state index in [1.807, 2.05) is 39.9 Å². The first-order chi connectivity index (χ1) is 12.5. The van der Waals surface area contributed by atoms with Crippen LogP contribution < -0.4 is 5.73 Å². The van der Waals surface area contributed by atoms with Gasteiger partial charge in [-0.1, -0.05) is 0 Å². The molecule has 1 aromatic carbocycles. The fraction of sp³-hybridized carbons (Fsp3) is 0.450. The zero-order valence-corrected chi connectivity index (χ0v) is 15.4. The molecule has 3 rings (SSSR count). The van der Waals surface area contributed by atoms with E-state index in [-0.39, 0.29) is 18.1 Å². The first kappa shape index (κ1) is 18.6. The normalized spacial score (nSPS) is 17.7. The summed E-state index contributed by atoms with van der Waals surface area (Å²) in [4.78, 5) is 14.7. The molecule has 0 radical (unpaired) electrons. The number of nitrogens with two attached hydrogens (primary N) is 1. The zero-order valence-electron chi connectivity index (χ0n) is 15.4. The summed E-state index contributed by atoms with van der Waals surface area (Å²) in [7, 11) is 1.73. The Morgan fingerprint density at radius 3 is 2.69 bits per heavy atom. The van der Waals surface area contributed by atoms with Crippen molar-refractivity contribution in [3.8, 4) is 0 Å². The molecule has 1 aliphatic rings. The quantitative estimate of drug-likeness (QED) is 0.892. The second-order valence-corrected chi connectivity index (χ2v) is 7.13. The van der Waals surface area contributed by atoms with Crippen LogP contribution in [0.2, 0.25) is 0 Å². The molecule has 0 aliphatic carbocycles. The summed E-state index contributed by atoms with van der Waals surface area (Å²) < 4.78 is 20.3. The topological polar surface area (TPSA) is 60.5 Å². The summed E-state index contributed by atoms with van der Waals surface area (Å²) >= 11 is 0. The average Bonchev–Trinajstić information content (AvgIpc) is 3.08. The van der Waals surface area contributed by atoms with Crippen molar-refractivity contribution >= 4 is 16.8 Å². The van der Waals surface area contributed by atoms with Crippen molar-refractivity contribution < 1.29 is 13.9 Å². The molecule has 2 N–H and O–H groups in total. The van der Waals surface area contributed by atoms with Gasteiger partial charge in [-0.15, -0.1) is 0 Å². The van der Waals surface area contributed by atoms with Gasteiger partial charge >= 0.3 is 0 Å². The van der Waals surface area contributed by atoms with E-state index in [1.165, 1.54) is 0 Å². The van der Waals surface area contributed by atoms with Gasteiger partial charge in [0.2, 0.25) is 0 Å². The number of amides is 1. The summed E-state index contributed by atoms with van der Waals surface area (Å²) in [6, 6.07) is 7.60. The molecule has 0 atom stereocenters. The van der Waals surface area contributed by atoms with Crippen LogP contribution in [0.4, 0.5) is 4.39 Å². The van der Waals surface area contributed by atoms with Crippen LogP contribution in [0.3, 0.4) is 0 Å². The lowest BCUT2D eigenvalue weighted by atomic mass is 9.93. The second-order valence-electron chi connectivity index (χ2n) is 7.13. The molecule has 0 bridgehead atoms. The molecule has 5 nitrogen and oxygen atoms in total. The number of halogens is 1. The van der Waals surface area contributed by atoms with Gasteiger partial charge in [-0.3, -0.25) is 4.79 Å². The lowest BCUT2D eigenvalue weighted by molar-refractivity contribution is -0.0379. The van der Waals surface area contributed by atoms with Gasteiger partial charge in [0.1, 0.15) is 0 Å². The number of carbonyl (C=O) groups excluding carboxylic acids is 1. The molecule has 1 aromatic heterocycles. The number of hydrogen-bond acceptors (Lipinski definition) is 3. The fourth-order valence-corrected chi connectivity index (χ4v) is 3.40. The Labute approximate surface area is 153 Å². The summed E-state index contributed by atoms with van der Waals surface area (Å²) in [5.74, 6) is 0.0455. The van der Waals surface area contributed by atoms with Gasteiger partial charge in [0, 0.05) is 56.0 Å². The number of methoxy groups -OCH3 is 1. The number of likely N-dealkylation sites (tertiary alicyclic amines) is 1. The number of nitrogens with zero attached hydrogens (tertiary/aromatic N) is 2. The first-order valence-electron chi connectivity index (χ1n) is 8.91. The van der Waals surface area contributed by atoms with Crippen LogP contribution in [0.25, 0.3) is 10.9 Å². The highest BCUT2D eigenvalue weighted by Gasteiger charge is 2.32. The predicted molar refractivity (Wildman–Crippen MR) is 101 cm³/mol. The van der Waals surface area contributed by atoms with Crippen LogP contribution in [-0.4, -0.2) is 47.7 Å². The van der Waals surface area contributed by atoms with Gasteiger partial charge in [-0.05, 0) is 49.6 Å². The molecule has 2 aromatic rings. The molecule has 1 aliphatic heterocycles. The van der Waals surface area contributed by atoms with E-state index in [0.717, 1.165) is 23.7 Å². The van der Waals surface area contributed by atoms with Gasteiger partial charge in [0.25, 0.3) is 5.91 Å². The minimum absolute atomic E-state index is 0.0455. The van der Waals surface area contributed by atoms with Gasteiger partial charge in [-0.25, -0.2) is 4.39 Å². The SMILES string of the molecule is COC1(C)CCN(C(=O)c2ccc3c(ccn3C/C(=C/F)CN)c2)CC1.